The lowest BCUT2D eigenvalue weighted by Crippen LogP contribution is -2.41. The molecule has 6 nitrogen and oxygen atoms in total. The minimum atomic E-state index is -4.10. The van der Waals surface area contributed by atoms with E-state index in [1.807, 2.05) is 77.9 Å². The van der Waals surface area contributed by atoms with Crippen LogP contribution in [0.1, 0.15) is 127 Å². The number of fused-ring (bicyclic) bond motifs is 8. The van der Waals surface area contributed by atoms with Crippen LogP contribution in [0.5, 0.6) is 0 Å². The van der Waals surface area contributed by atoms with E-state index in [4.69, 9.17) is 14.7 Å². The number of rotatable bonds is 4. The third-order valence-electron chi connectivity index (χ3n) is 13.0. The highest BCUT2D eigenvalue weighted by molar-refractivity contribution is 7.91. The molecule has 1 aliphatic carbocycles. The summed E-state index contributed by atoms with van der Waals surface area (Å²) in [6.45, 7) is 24.8. The average molecular weight is 752 g/mol. The first-order valence-corrected chi connectivity index (χ1v) is 20.8. The van der Waals surface area contributed by atoms with E-state index in [9.17, 15) is 2.74 Å². The van der Waals surface area contributed by atoms with Crippen LogP contribution in [0.25, 0.3) is 27.6 Å². The summed E-state index contributed by atoms with van der Waals surface area (Å²) in [6, 6.07) is 21.9. The molecule has 0 spiro atoms. The molecule has 2 aliphatic heterocycles. The quantitative estimate of drug-likeness (QED) is 0.180. The van der Waals surface area contributed by atoms with E-state index in [1.54, 1.807) is 25.3 Å². The fourth-order valence-corrected chi connectivity index (χ4v) is 10.7. The Morgan fingerprint density at radius 2 is 1.62 bits per heavy atom. The number of benzene rings is 4. The molecule has 0 N–H and O–H groups in total. The molecule has 4 aromatic carbocycles. The lowest BCUT2D eigenvalue weighted by atomic mass is 9.73. The van der Waals surface area contributed by atoms with E-state index in [1.165, 1.54) is 11.1 Å². The van der Waals surface area contributed by atoms with Gasteiger partial charge in [-0.15, -0.1) is 0 Å². The molecule has 6 aromatic rings. The number of ether oxygens (including phenoxy) is 1. The van der Waals surface area contributed by atoms with Crippen molar-refractivity contribution in [2.24, 2.45) is 4.99 Å². The second kappa shape index (κ2) is 11.2. The van der Waals surface area contributed by atoms with Crippen molar-refractivity contribution in [1.82, 2.24) is 9.55 Å². The summed E-state index contributed by atoms with van der Waals surface area (Å²) in [4.78, 5) is 10.4. The molecule has 0 unspecified atom stereocenters. The van der Waals surface area contributed by atoms with Crippen molar-refractivity contribution >= 4 is 37.5 Å². The van der Waals surface area contributed by atoms with Gasteiger partial charge < -0.3 is 4.74 Å². The molecular weight excluding hydrogens is 699 g/mol. The van der Waals surface area contributed by atoms with Gasteiger partial charge in [0.05, 0.1) is 20.8 Å². The Labute approximate surface area is 328 Å². The monoisotopic (exact) mass is 751 g/mol. The molecule has 7 heteroatoms. The summed E-state index contributed by atoms with van der Waals surface area (Å²) in [6.07, 6.45) is -0.0478. The average Bonchev–Trinajstić information content (AvgIpc) is 3.66. The van der Waals surface area contributed by atoms with Crippen molar-refractivity contribution in [3.63, 3.8) is 0 Å². The maximum atomic E-state index is 15.2. The first-order chi connectivity index (χ1) is 26.4. The minimum absolute atomic E-state index is 0.00491. The summed E-state index contributed by atoms with van der Waals surface area (Å²) in [5.41, 5.74) is 7.86. The van der Waals surface area contributed by atoms with Crippen LogP contribution >= 0.6 is 0 Å². The van der Waals surface area contributed by atoms with Gasteiger partial charge >= 0.3 is 0 Å². The van der Waals surface area contributed by atoms with Crippen molar-refractivity contribution in [3.8, 4) is 5.82 Å². The second-order valence-corrected chi connectivity index (χ2v) is 20.2. The SMILES string of the molecule is [2H]C1([2H])c2c(ccc(C)c2C)[C@@]2(C)N=C(c3cc(C(C)C)cc(S(=O)(=O)c4cc5c(cc4C)c4cc(C(C)(C)C)cc6c4n5-c4ncccc4C6(C)C)c3)O[C@@]12C. The minimum Gasteiger partial charge on any atom is -0.468 e. The summed E-state index contributed by atoms with van der Waals surface area (Å²) in [7, 11) is -4.10. The summed E-state index contributed by atoms with van der Waals surface area (Å²) in [5, 5.41) is 2.07. The summed E-state index contributed by atoms with van der Waals surface area (Å²) in [5.74, 6) is 1.05. The summed E-state index contributed by atoms with van der Waals surface area (Å²) < 4.78 is 58.0. The van der Waals surface area contributed by atoms with Gasteiger partial charge in [-0.2, -0.15) is 0 Å². The number of aromatic nitrogens is 2. The van der Waals surface area contributed by atoms with Gasteiger partial charge in [-0.05, 0) is 133 Å². The highest BCUT2D eigenvalue weighted by Crippen LogP contribution is 2.54. The molecule has 0 saturated carbocycles. The Morgan fingerprint density at radius 1 is 0.873 bits per heavy atom. The van der Waals surface area contributed by atoms with Gasteiger partial charge in [-0.25, -0.2) is 18.4 Å². The first kappa shape index (κ1) is 33.6. The molecule has 0 saturated heterocycles. The zero-order valence-corrected chi connectivity index (χ0v) is 34.8. The van der Waals surface area contributed by atoms with Crippen molar-refractivity contribution in [1.29, 1.82) is 0 Å². The van der Waals surface area contributed by atoms with Crippen molar-refractivity contribution in [2.45, 2.75) is 127 Å². The molecule has 2 aromatic heterocycles. The van der Waals surface area contributed by atoms with Crippen molar-refractivity contribution in [3.05, 3.63) is 129 Å². The Morgan fingerprint density at radius 3 is 2.33 bits per heavy atom. The second-order valence-electron chi connectivity index (χ2n) is 18.3. The van der Waals surface area contributed by atoms with Gasteiger partial charge in [0.1, 0.15) is 17.0 Å². The van der Waals surface area contributed by atoms with Gasteiger partial charge in [0.25, 0.3) is 0 Å². The predicted octanol–water partition coefficient (Wildman–Crippen LogP) is 11.0. The molecule has 9 rings (SSSR count). The lowest BCUT2D eigenvalue weighted by molar-refractivity contribution is 0.0475. The maximum absolute atomic E-state index is 15.2. The standard InChI is InChI=1S/C48H51N3O3S/c1-26(2)30-19-31(44-50-48(12)37-16-15-27(3)29(5)36(37)25-47(48,11)54-44)21-33(20-30)55(52,53)41-24-40-34(18-28(41)4)35-22-32(45(6,7)8)23-39-42(35)51(40)43-38(46(39,9)10)14-13-17-49-43/h13-24,26H,25H2,1-12H3/t47-,48+/m0/s1/i25D2. The molecule has 2 atom stereocenters. The summed E-state index contributed by atoms with van der Waals surface area (Å²) >= 11 is 0. The zero-order valence-electron chi connectivity index (χ0n) is 36.0. The van der Waals surface area contributed by atoms with Crippen LogP contribution in [-0.2, 0) is 37.3 Å². The predicted molar refractivity (Wildman–Crippen MR) is 223 cm³/mol. The Balaban J connectivity index is 1.25. The fraction of sp³-hybridized carbons (Fsp3) is 0.375. The Hall–Kier alpha value is -4.75. The van der Waals surface area contributed by atoms with E-state index in [-0.39, 0.29) is 32.4 Å². The van der Waals surface area contributed by atoms with Crippen molar-refractivity contribution in [2.75, 3.05) is 0 Å². The van der Waals surface area contributed by atoms with Crippen LogP contribution in [-0.4, -0.2) is 29.5 Å². The molecule has 0 amide bonds. The van der Waals surface area contributed by atoms with Crippen LogP contribution in [0.4, 0.5) is 0 Å². The van der Waals surface area contributed by atoms with Gasteiger partial charge in [0, 0.05) is 42.6 Å². The van der Waals surface area contributed by atoms with Gasteiger partial charge in [0.2, 0.25) is 15.7 Å². The van der Waals surface area contributed by atoms with Gasteiger partial charge in [-0.3, -0.25) is 4.57 Å². The highest BCUT2D eigenvalue weighted by Gasteiger charge is 2.59. The molecule has 0 radical (unpaired) electrons. The van der Waals surface area contributed by atoms with E-state index in [0.29, 0.717) is 16.7 Å². The number of hydrogen-bond acceptors (Lipinski definition) is 5. The lowest BCUT2D eigenvalue weighted by Gasteiger charge is -2.35. The third kappa shape index (κ3) is 4.81. The highest BCUT2D eigenvalue weighted by atomic mass is 32.2. The normalized spacial score (nSPS) is 22.6. The van der Waals surface area contributed by atoms with Crippen LogP contribution in [0.2, 0.25) is 0 Å². The number of nitrogens with zero attached hydrogens (tertiary/aromatic N) is 3. The molecule has 0 bridgehead atoms. The van der Waals surface area contributed by atoms with Crippen LogP contribution in [0, 0.1) is 20.8 Å². The van der Waals surface area contributed by atoms with Gasteiger partial charge in [0.15, 0.2) is 0 Å². The van der Waals surface area contributed by atoms with E-state index >= 15 is 8.42 Å². The number of aliphatic imine (C=N–C) groups is 1. The Bertz CT molecular complexity index is 2930. The van der Waals surface area contributed by atoms with E-state index < -0.39 is 27.4 Å². The van der Waals surface area contributed by atoms with Crippen molar-refractivity contribution < 1.29 is 15.9 Å². The Kier molecular flexibility index (Phi) is 6.83. The molecule has 4 heterocycles. The molecule has 0 fully saturated rings. The maximum Gasteiger partial charge on any atom is 0.217 e. The van der Waals surface area contributed by atoms with Crippen LogP contribution in [0.15, 0.2) is 87.7 Å². The topological polar surface area (TPSA) is 73.5 Å². The third-order valence-corrected chi connectivity index (χ3v) is 14.9. The van der Waals surface area contributed by atoms with Crippen LogP contribution in [0.3, 0.4) is 0 Å². The van der Waals surface area contributed by atoms with E-state index in [2.05, 4.69) is 57.4 Å². The van der Waals surface area contributed by atoms with Gasteiger partial charge in [-0.1, -0.05) is 72.7 Å². The molecular formula is C48H51N3O3S. The molecule has 282 valence electrons. The number of aryl methyl sites for hydroxylation is 2. The van der Waals surface area contributed by atoms with Crippen LogP contribution < -0.4 is 0 Å². The number of pyridine rings is 1. The fourth-order valence-electron chi connectivity index (χ4n) is 9.10. The van der Waals surface area contributed by atoms with E-state index in [0.717, 1.165) is 55.4 Å². The molecule has 55 heavy (non-hydrogen) atoms. The zero-order chi connectivity index (χ0) is 41.2. The largest absolute Gasteiger partial charge is 0.468 e. The number of sulfone groups is 1. The first-order valence-electron chi connectivity index (χ1n) is 20.4. The smallest absolute Gasteiger partial charge is 0.217 e. The number of hydrogen-bond donors (Lipinski definition) is 0. The molecule has 3 aliphatic rings.